The number of methoxy groups -OCH3 is 1. The molecule has 0 N–H and O–H groups in total. The number of rotatable bonds is 8. The molecule has 1 aromatic rings. The van der Waals surface area contributed by atoms with Crippen LogP contribution in [0.4, 0.5) is 0 Å². The van der Waals surface area contributed by atoms with Crippen molar-refractivity contribution in [2.45, 2.75) is 40.2 Å². The van der Waals surface area contributed by atoms with Gasteiger partial charge < -0.3 is 9.47 Å². The summed E-state index contributed by atoms with van der Waals surface area (Å²) in [5.74, 6) is 0.0780. The van der Waals surface area contributed by atoms with Crippen LogP contribution in [-0.2, 0) is 22.4 Å². The number of carbonyl (C=O) groups is 1. The molecule has 0 aliphatic heterocycles. The number of ether oxygens (including phenoxy) is 2. The molecule has 0 unspecified atom stereocenters. The van der Waals surface area contributed by atoms with Gasteiger partial charge in [-0.1, -0.05) is 32.4 Å². The average Bonchev–Trinajstić information content (AvgIpc) is 2.77. The predicted molar refractivity (Wildman–Crippen MR) is 71.0 cm³/mol. The Morgan fingerprint density at radius 1 is 1.42 bits per heavy atom. The van der Waals surface area contributed by atoms with Crippen LogP contribution in [0.5, 0.6) is 0 Å². The van der Waals surface area contributed by atoms with Crippen molar-refractivity contribution in [2.24, 2.45) is 5.92 Å². The minimum absolute atomic E-state index is 0.313. The van der Waals surface area contributed by atoms with E-state index in [0.717, 1.165) is 25.1 Å². The number of aromatic nitrogens is 3. The van der Waals surface area contributed by atoms with Crippen molar-refractivity contribution in [2.75, 3.05) is 20.3 Å². The summed E-state index contributed by atoms with van der Waals surface area (Å²) in [7, 11) is 1.35. The zero-order valence-electron chi connectivity index (χ0n) is 12.2. The van der Waals surface area contributed by atoms with Crippen LogP contribution in [0, 0.1) is 5.92 Å². The SMILES string of the molecule is CCCc1c(C(=O)OC)nnn1CCOCC(C)C. The summed E-state index contributed by atoms with van der Waals surface area (Å²) >= 11 is 0. The van der Waals surface area contributed by atoms with Crippen LogP contribution in [0.3, 0.4) is 0 Å². The van der Waals surface area contributed by atoms with E-state index in [1.165, 1.54) is 7.11 Å². The van der Waals surface area contributed by atoms with E-state index in [0.29, 0.717) is 24.8 Å². The van der Waals surface area contributed by atoms with Gasteiger partial charge in [-0.2, -0.15) is 0 Å². The second-order valence-electron chi connectivity index (χ2n) is 4.82. The third kappa shape index (κ3) is 4.63. The lowest BCUT2D eigenvalue weighted by molar-refractivity contribution is 0.0592. The van der Waals surface area contributed by atoms with E-state index < -0.39 is 5.97 Å². The molecule has 0 amide bonds. The number of hydrogen-bond donors (Lipinski definition) is 0. The molecule has 0 saturated carbocycles. The van der Waals surface area contributed by atoms with Gasteiger partial charge >= 0.3 is 5.97 Å². The summed E-state index contributed by atoms with van der Waals surface area (Å²) in [6, 6.07) is 0. The highest BCUT2D eigenvalue weighted by atomic mass is 16.5. The van der Waals surface area contributed by atoms with E-state index in [-0.39, 0.29) is 0 Å². The largest absolute Gasteiger partial charge is 0.464 e. The van der Waals surface area contributed by atoms with Crippen molar-refractivity contribution in [1.82, 2.24) is 15.0 Å². The van der Waals surface area contributed by atoms with Gasteiger partial charge in [-0.15, -0.1) is 5.10 Å². The Hall–Kier alpha value is -1.43. The Kier molecular flexibility index (Phi) is 6.49. The minimum atomic E-state index is -0.433. The maximum absolute atomic E-state index is 11.6. The Morgan fingerprint density at radius 2 is 2.16 bits per heavy atom. The second kappa shape index (κ2) is 7.89. The number of nitrogens with zero attached hydrogens (tertiary/aromatic N) is 3. The lowest BCUT2D eigenvalue weighted by atomic mass is 10.2. The topological polar surface area (TPSA) is 66.2 Å². The molecule has 0 radical (unpaired) electrons. The molecule has 0 aliphatic rings. The monoisotopic (exact) mass is 269 g/mol. The Morgan fingerprint density at radius 3 is 2.74 bits per heavy atom. The van der Waals surface area contributed by atoms with Crippen LogP contribution >= 0.6 is 0 Å². The predicted octanol–water partition coefficient (Wildman–Crippen LogP) is 1.69. The van der Waals surface area contributed by atoms with Gasteiger partial charge in [-0.05, 0) is 12.3 Å². The fraction of sp³-hybridized carbons (Fsp3) is 0.769. The third-order valence-corrected chi connectivity index (χ3v) is 2.60. The first-order valence-corrected chi connectivity index (χ1v) is 6.68. The Labute approximate surface area is 114 Å². The van der Waals surface area contributed by atoms with Gasteiger partial charge in [0.05, 0.1) is 26.0 Å². The molecule has 1 heterocycles. The van der Waals surface area contributed by atoms with E-state index in [4.69, 9.17) is 9.47 Å². The van der Waals surface area contributed by atoms with E-state index in [2.05, 4.69) is 24.2 Å². The van der Waals surface area contributed by atoms with E-state index in [1.54, 1.807) is 4.68 Å². The number of esters is 1. The summed E-state index contributed by atoms with van der Waals surface area (Å²) < 4.78 is 12.0. The fourth-order valence-corrected chi connectivity index (χ4v) is 1.72. The van der Waals surface area contributed by atoms with Crippen molar-refractivity contribution < 1.29 is 14.3 Å². The Bertz CT molecular complexity index is 402. The molecule has 6 nitrogen and oxygen atoms in total. The van der Waals surface area contributed by atoms with E-state index in [1.807, 2.05) is 6.92 Å². The molecule has 0 aromatic carbocycles. The summed E-state index contributed by atoms with van der Waals surface area (Å²) in [4.78, 5) is 11.6. The van der Waals surface area contributed by atoms with Gasteiger partial charge in [-0.25, -0.2) is 9.48 Å². The van der Waals surface area contributed by atoms with Gasteiger partial charge in [0, 0.05) is 6.61 Å². The van der Waals surface area contributed by atoms with Crippen LogP contribution in [0.15, 0.2) is 0 Å². The zero-order valence-corrected chi connectivity index (χ0v) is 12.2. The van der Waals surface area contributed by atoms with E-state index in [9.17, 15) is 4.79 Å². The minimum Gasteiger partial charge on any atom is -0.464 e. The maximum atomic E-state index is 11.6. The second-order valence-corrected chi connectivity index (χ2v) is 4.82. The molecule has 0 bridgehead atoms. The fourth-order valence-electron chi connectivity index (χ4n) is 1.72. The summed E-state index contributed by atoms with van der Waals surface area (Å²) in [5.41, 5.74) is 1.13. The maximum Gasteiger partial charge on any atom is 0.360 e. The first-order chi connectivity index (χ1) is 9.10. The highest BCUT2D eigenvalue weighted by Gasteiger charge is 2.19. The standard InChI is InChI=1S/C13H23N3O3/c1-5-6-11-12(13(17)18-4)14-15-16(11)7-8-19-9-10(2)3/h10H,5-9H2,1-4H3. The lowest BCUT2D eigenvalue weighted by Gasteiger charge is -2.09. The van der Waals surface area contributed by atoms with E-state index >= 15 is 0 Å². The first kappa shape index (κ1) is 15.6. The lowest BCUT2D eigenvalue weighted by Crippen LogP contribution is -2.14. The van der Waals surface area contributed by atoms with Gasteiger partial charge in [0.15, 0.2) is 5.69 Å². The molecule has 0 atom stereocenters. The number of carbonyl (C=O) groups excluding carboxylic acids is 1. The molecular formula is C13H23N3O3. The molecule has 1 rings (SSSR count). The molecule has 0 fully saturated rings. The van der Waals surface area contributed by atoms with Crippen LogP contribution < -0.4 is 0 Å². The molecule has 0 spiro atoms. The van der Waals surface area contributed by atoms with Crippen LogP contribution in [0.2, 0.25) is 0 Å². The van der Waals surface area contributed by atoms with Gasteiger partial charge in [-0.3, -0.25) is 0 Å². The summed E-state index contributed by atoms with van der Waals surface area (Å²) in [6.07, 6.45) is 1.67. The van der Waals surface area contributed by atoms with Crippen molar-refractivity contribution in [3.8, 4) is 0 Å². The van der Waals surface area contributed by atoms with Gasteiger partial charge in [0.25, 0.3) is 0 Å². The molecular weight excluding hydrogens is 246 g/mol. The smallest absolute Gasteiger partial charge is 0.360 e. The van der Waals surface area contributed by atoms with Gasteiger partial charge in [0.2, 0.25) is 0 Å². The molecule has 0 aliphatic carbocycles. The van der Waals surface area contributed by atoms with Crippen molar-refractivity contribution >= 4 is 5.97 Å². The molecule has 6 heteroatoms. The molecule has 1 aromatic heterocycles. The molecule has 108 valence electrons. The highest BCUT2D eigenvalue weighted by molar-refractivity contribution is 5.88. The first-order valence-electron chi connectivity index (χ1n) is 6.68. The van der Waals surface area contributed by atoms with Gasteiger partial charge in [0.1, 0.15) is 0 Å². The zero-order chi connectivity index (χ0) is 14.3. The summed E-state index contributed by atoms with van der Waals surface area (Å²) in [6.45, 7) is 8.15. The normalized spacial score (nSPS) is 11.0. The Balaban J connectivity index is 2.66. The van der Waals surface area contributed by atoms with Crippen LogP contribution in [-0.4, -0.2) is 41.3 Å². The van der Waals surface area contributed by atoms with Crippen LogP contribution in [0.25, 0.3) is 0 Å². The highest BCUT2D eigenvalue weighted by Crippen LogP contribution is 2.10. The summed E-state index contributed by atoms with van der Waals surface area (Å²) in [5, 5.41) is 7.91. The van der Waals surface area contributed by atoms with Crippen molar-refractivity contribution in [1.29, 1.82) is 0 Å². The third-order valence-electron chi connectivity index (χ3n) is 2.60. The molecule has 19 heavy (non-hydrogen) atoms. The quantitative estimate of drug-likeness (QED) is 0.530. The number of hydrogen-bond acceptors (Lipinski definition) is 5. The van der Waals surface area contributed by atoms with Crippen molar-refractivity contribution in [3.63, 3.8) is 0 Å². The van der Waals surface area contributed by atoms with Crippen LogP contribution in [0.1, 0.15) is 43.4 Å². The molecule has 0 saturated heterocycles. The van der Waals surface area contributed by atoms with Crippen molar-refractivity contribution in [3.05, 3.63) is 11.4 Å². The average molecular weight is 269 g/mol.